The van der Waals surface area contributed by atoms with E-state index < -0.39 is 0 Å². The van der Waals surface area contributed by atoms with E-state index in [1.165, 1.54) is 17.3 Å². The van der Waals surface area contributed by atoms with Crippen molar-refractivity contribution in [2.24, 2.45) is 0 Å². The van der Waals surface area contributed by atoms with Gasteiger partial charge in [-0.15, -0.1) is 0 Å². The normalized spacial score (nSPS) is 10.5. The average Bonchev–Trinajstić information content (AvgIpc) is 2.81. The molecule has 0 aliphatic heterocycles. The van der Waals surface area contributed by atoms with Crippen molar-refractivity contribution < 1.29 is 9.53 Å². The topological polar surface area (TPSA) is 77.0 Å². The fourth-order valence-corrected chi connectivity index (χ4v) is 3.53. The van der Waals surface area contributed by atoms with Crippen LogP contribution >= 0.6 is 11.8 Å². The molecule has 0 bridgehead atoms. The molecule has 7 heteroatoms. The monoisotopic (exact) mass is 428 g/mol. The van der Waals surface area contributed by atoms with Gasteiger partial charge in [0.2, 0.25) is 0 Å². The summed E-state index contributed by atoms with van der Waals surface area (Å²) >= 11 is 1.49. The maximum Gasteiger partial charge on any atom is 0.252 e. The molecule has 4 rings (SSSR count). The van der Waals surface area contributed by atoms with Crippen LogP contribution in [0.1, 0.15) is 21.5 Å². The maximum atomic E-state index is 12.4. The second-order valence-corrected chi connectivity index (χ2v) is 7.81. The molecule has 4 aromatic rings. The second-order valence-electron chi connectivity index (χ2n) is 6.75. The van der Waals surface area contributed by atoms with Gasteiger partial charge in [-0.05, 0) is 55.0 Å². The number of hydrogen-bond acceptors (Lipinski definition) is 6. The van der Waals surface area contributed by atoms with Crippen molar-refractivity contribution in [2.75, 3.05) is 0 Å². The number of benzene rings is 2. The van der Waals surface area contributed by atoms with E-state index in [-0.39, 0.29) is 5.91 Å². The molecule has 154 valence electrons. The van der Waals surface area contributed by atoms with E-state index in [0.717, 1.165) is 10.5 Å². The minimum Gasteiger partial charge on any atom is -0.437 e. The van der Waals surface area contributed by atoms with E-state index >= 15 is 0 Å². The van der Waals surface area contributed by atoms with E-state index in [1.807, 2.05) is 31.2 Å². The van der Waals surface area contributed by atoms with Crippen LogP contribution in [0.5, 0.6) is 11.6 Å². The molecule has 2 aromatic heterocycles. The quantitative estimate of drug-likeness (QED) is 0.444. The molecule has 0 unspecified atom stereocenters. The first-order chi connectivity index (χ1) is 15.2. The molecule has 0 saturated heterocycles. The van der Waals surface area contributed by atoms with E-state index in [4.69, 9.17) is 4.74 Å². The standard InChI is InChI=1S/C24H20N4O2S/c1-17-4-10-21(11-5-17)31-24-23(26-13-14-27-24)30-20-8-6-19(7-9-20)22(29)28-16-18-3-2-12-25-15-18/h2-15H,16H2,1H3,(H,28,29). The molecule has 0 saturated carbocycles. The average molecular weight is 429 g/mol. The van der Waals surface area contributed by atoms with Crippen molar-refractivity contribution >= 4 is 17.7 Å². The Morgan fingerprint density at radius 3 is 2.48 bits per heavy atom. The SMILES string of the molecule is Cc1ccc(Sc2nccnc2Oc2ccc(C(=O)NCc3cccnc3)cc2)cc1. The molecule has 0 aliphatic rings. The summed E-state index contributed by atoms with van der Waals surface area (Å²) in [6.45, 7) is 2.47. The number of carbonyl (C=O) groups is 1. The number of nitrogens with one attached hydrogen (secondary N) is 1. The lowest BCUT2D eigenvalue weighted by molar-refractivity contribution is 0.0951. The molecule has 2 aromatic carbocycles. The molecular weight excluding hydrogens is 408 g/mol. The number of hydrogen-bond donors (Lipinski definition) is 1. The van der Waals surface area contributed by atoms with Gasteiger partial charge in [-0.2, -0.15) is 0 Å². The molecule has 0 fully saturated rings. The molecule has 1 N–H and O–H groups in total. The number of aromatic nitrogens is 3. The van der Waals surface area contributed by atoms with Crippen molar-refractivity contribution in [3.8, 4) is 11.6 Å². The molecule has 0 aliphatic carbocycles. The maximum absolute atomic E-state index is 12.4. The van der Waals surface area contributed by atoms with Gasteiger partial charge in [0.1, 0.15) is 5.75 Å². The van der Waals surface area contributed by atoms with E-state index in [0.29, 0.717) is 28.8 Å². The smallest absolute Gasteiger partial charge is 0.252 e. The minimum absolute atomic E-state index is 0.162. The lowest BCUT2D eigenvalue weighted by Crippen LogP contribution is -2.22. The highest BCUT2D eigenvalue weighted by atomic mass is 32.2. The summed E-state index contributed by atoms with van der Waals surface area (Å²) in [7, 11) is 0. The van der Waals surface area contributed by atoms with Gasteiger partial charge >= 0.3 is 0 Å². The molecule has 1 amide bonds. The Bertz CT molecular complexity index is 1150. The third-order valence-corrected chi connectivity index (χ3v) is 5.36. The largest absolute Gasteiger partial charge is 0.437 e. The van der Waals surface area contributed by atoms with Gasteiger partial charge < -0.3 is 10.1 Å². The van der Waals surface area contributed by atoms with Crippen molar-refractivity contribution in [2.45, 2.75) is 23.4 Å². The van der Waals surface area contributed by atoms with Crippen molar-refractivity contribution in [1.82, 2.24) is 20.3 Å². The van der Waals surface area contributed by atoms with Crippen LogP contribution in [0.25, 0.3) is 0 Å². The first kappa shape index (κ1) is 20.6. The summed E-state index contributed by atoms with van der Waals surface area (Å²) < 4.78 is 5.94. The summed E-state index contributed by atoms with van der Waals surface area (Å²) in [5.74, 6) is 0.836. The zero-order chi connectivity index (χ0) is 21.5. The van der Waals surface area contributed by atoms with Crippen LogP contribution in [-0.4, -0.2) is 20.9 Å². The first-order valence-electron chi connectivity index (χ1n) is 9.68. The Hall–Kier alpha value is -3.71. The highest BCUT2D eigenvalue weighted by Crippen LogP contribution is 2.33. The third kappa shape index (κ3) is 5.67. The fraction of sp³-hybridized carbons (Fsp3) is 0.0833. The van der Waals surface area contributed by atoms with Crippen LogP contribution in [0.3, 0.4) is 0 Å². The van der Waals surface area contributed by atoms with Crippen molar-refractivity contribution in [1.29, 1.82) is 0 Å². The number of ether oxygens (including phenoxy) is 1. The number of carbonyl (C=O) groups excluding carboxylic acids is 1. The number of aryl methyl sites for hydroxylation is 1. The summed E-state index contributed by atoms with van der Waals surface area (Å²) in [4.78, 5) is 26.2. The van der Waals surface area contributed by atoms with Gasteiger partial charge in [-0.1, -0.05) is 35.5 Å². The van der Waals surface area contributed by atoms with Crippen LogP contribution in [0, 0.1) is 6.92 Å². The van der Waals surface area contributed by atoms with E-state index in [2.05, 4.69) is 32.4 Å². The highest BCUT2D eigenvalue weighted by Gasteiger charge is 2.11. The Balaban J connectivity index is 1.41. The lowest BCUT2D eigenvalue weighted by atomic mass is 10.2. The van der Waals surface area contributed by atoms with Crippen LogP contribution in [0.4, 0.5) is 0 Å². The highest BCUT2D eigenvalue weighted by molar-refractivity contribution is 7.99. The molecule has 0 spiro atoms. The van der Waals surface area contributed by atoms with Crippen LogP contribution in [-0.2, 0) is 6.54 Å². The lowest BCUT2D eigenvalue weighted by Gasteiger charge is -2.10. The number of pyridine rings is 1. The molecule has 31 heavy (non-hydrogen) atoms. The van der Waals surface area contributed by atoms with Crippen LogP contribution < -0.4 is 10.1 Å². The van der Waals surface area contributed by atoms with Crippen LogP contribution in [0.2, 0.25) is 0 Å². The molecule has 0 radical (unpaired) electrons. The van der Waals surface area contributed by atoms with Gasteiger partial charge in [0, 0.05) is 41.8 Å². The predicted octanol–water partition coefficient (Wildman–Crippen LogP) is 5.05. The molecule has 6 nitrogen and oxygen atoms in total. The molecule has 0 atom stereocenters. The Morgan fingerprint density at radius 2 is 1.74 bits per heavy atom. The van der Waals surface area contributed by atoms with Gasteiger partial charge in [-0.25, -0.2) is 9.97 Å². The summed E-state index contributed by atoms with van der Waals surface area (Å²) in [6.07, 6.45) is 6.66. The molecule has 2 heterocycles. The Labute approximate surface area is 184 Å². The van der Waals surface area contributed by atoms with Gasteiger partial charge in [0.15, 0.2) is 5.03 Å². The predicted molar refractivity (Wildman–Crippen MR) is 119 cm³/mol. The summed E-state index contributed by atoms with van der Waals surface area (Å²) in [6, 6.07) is 18.9. The van der Waals surface area contributed by atoms with Gasteiger partial charge in [0.25, 0.3) is 11.8 Å². The van der Waals surface area contributed by atoms with Crippen molar-refractivity contribution in [3.05, 3.63) is 102 Å². The van der Waals surface area contributed by atoms with E-state index in [9.17, 15) is 4.79 Å². The van der Waals surface area contributed by atoms with Gasteiger partial charge in [0.05, 0.1) is 0 Å². The zero-order valence-corrected chi connectivity index (χ0v) is 17.7. The summed E-state index contributed by atoms with van der Waals surface area (Å²) in [5.41, 5.74) is 2.69. The zero-order valence-electron chi connectivity index (χ0n) is 16.9. The fourth-order valence-electron chi connectivity index (χ4n) is 2.74. The van der Waals surface area contributed by atoms with Gasteiger partial charge in [-0.3, -0.25) is 9.78 Å². The Kier molecular flexibility index (Phi) is 6.54. The molecular formula is C24H20N4O2S. The number of amides is 1. The number of rotatable bonds is 7. The first-order valence-corrected chi connectivity index (χ1v) is 10.5. The van der Waals surface area contributed by atoms with E-state index in [1.54, 1.807) is 49.1 Å². The van der Waals surface area contributed by atoms with Crippen LogP contribution in [0.15, 0.2) is 95.4 Å². The number of nitrogens with zero attached hydrogens (tertiary/aromatic N) is 3. The second kappa shape index (κ2) is 9.86. The summed E-state index contributed by atoms with van der Waals surface area (Å²) in [5, 5.41) is 3.55. The Morgan fingerprint density at radius 1 is 0.968 bits per heavy atom. The third-order valence-electron chi connectivity index (χ3n) is 4.38. The van der Waals surface area contributed by atoms with Crippen molar-refractivity contribution in [3.63, 3.8) is 0 Å². The minimum atomic E-state index is -0.162.